The Hall–Kier alpha value is -0.210. The van der Waals surface area contributed by atoms with Crippen molar-refractivity contribution in [2.45, 2.75) is 101 Å². The van der Waals surface area contributed by atoms with Gasteiger partial charge in [-0.05, 0) is 47.8 Å². The Bertz CT molecular complexity index is 367. The van der Waals surface area contributed by atoms with Gasteiger partial charge in [0, 0.05) is 0 Å². The molecule has 0 aromatic rings. The lowest BCUT2D eigenvalue weighted by Gasteiger charge is -2.45. The maximum atomic E-state index is 13.1. The fraction of sp³-hybridized carbons (Fsp3) is 1.00. The minimum atomic E-state index is -4.13. The van der Waals surface area contributed by atoms with Gasteiger partial charge in [-0.3, -0.25) is 0 Å². The summed E-state index contributed by atoms with van der Waals surface area (Å²) in [6.45, 7) is 20.3. The first-order chi connectivity index (χ1) is 9.83. The first-order valence-corrected chi connectivity index (χ1v) is 8.90. The zero-order valence-corrected chi connectivity index (χ0v) is 17.0. The van der Waals surface area contributed by atoms with E-state index in [2.05, 4.69) is 55.4 Å². The lowest BCUT2D eigenvalue weighted by molar-refractivity contribution is -0.216. The molecule has 0 rings (SSSR count). The maximum absolute atomic E-state index is 13.1. The molecule has 0 aliphatic rings. The SMILES string of the molecule is CC(CCC(C)(C)C(C)(C)CCC(C)(C)C(F)(F)F)C(C)(C)C. The summed E-state index contributed by atoms with van der Waals surface area (Å²) in [6.07, 6.45) is -1.19. The predicted octanol–water partition coefficient (Wildman–Crippen LogP) is 7.87. The van der Waals surface area contributed by atoms with E-state index in [4.69, 9.17) is 0 Å². The predicted molar refractivity (Wildman–Crippen MR) is 94.5 cm³/mol. The summed E-state index contributed by atoms with van der Waals surface area (Å²) in [7, 11) is 0. The normalized spacial score (nSPS) is 16.6. The third kappa shape index (κ3) is 6.31. The molecule has 0 aliphatic carbocycles. The number of alkyl halides is 3. The number of rotatable bonds is 7. The van der Waals surface area contributed by atoms with Gasteiger partial charge in [-0.2, -0.15) is 13.2 Å². The van der Waals surface area contributed by atoms with Crippen LogP contribution in [0.1, 0.15) is 94.9 Å². The first-order valence-electron chi connectivity index (χ1n) is 8.90. The van der Waals surface area contributed by atoms with Crippen molar-refractivity contribution >= 4 is 0 Å². The van der Waals surface area contributed by atoms with Gasteiger partial charge in [0.05, 0.1) is 5.41 Å². The van der Waals surface area contributed by atoms with Crippen LogP contribution in [0.25, 0.3) is 0 Å². The van der Waals surface area contributed by atoms with E-state index in [1.165, 1.54) is 13.8 Å². The molecule has 3 heteroatoms. The molecule has 0 nitrogen and oxygen atoms in total. The molecule has 0 aliphatic heterocycles. The second-order valence-electron chi connectivity index (χ2n) is 10.5. The Morgan fingerprint density at radius 2 is 0.957 bits per heavy atom. The Morgan fingerprint density at radius 3 is 1.30 bits per heavy atom. The van der Waals surface area contributed by atoms with Crippen LogP contribution in [0, 0.1) is 27.6 Å². The number of hydrogen-bond donors (Lipinski definition) is 0. The van der Waals surface area contributed by atoms with Gasteiger partial charge in [-0.15, -0.1) is 0 Å². The van der Waals surface area contributed by atoms with Gasteiger partial charge in [-0.25, -0.2) is 0 Å². The van der Waals surface area contributed by atoms with E-state index in [1.807, 2.05) is 0 Å². The summed E-state index contributed by atoms with van der Waals surface area (Å²) in [4.78, 5) is 0. The van der Waals surface area contributed by atoms with Crippen LogP contribution in [0.15, 0.2) is 0 Å². The molecule has 23 heavy (non-hydrogen) atoms. The molecule has 0 amide bonds. The van der Waals surface area contributed by atoms with E-state index < -0.39 is 11.6 Å². The smallest absolute Gasteiger partial charge is 0.171 e. The minimum Gasteiger partial charge on any atom is -0.171 e. The molecule has 0 aromatic heterocycles. The van der Waals surface area contributed by atoms with Crippen LogP contribution in [-0.2, 0) is 0 Å². The fourth-order valence-electron chi connectivity index (χ4n) is 2.45. The van der Waals surface area contributed by atoms with E-state index in [9.17, 15) is 13.2 Å². The molecule has 0 aromatic carbocycles. The topological polar surface area (TPSA) is 0 Å². The van der Waals surface area contributed by atoms with Gasteiger partial charge in [0.15, 0.2) is 0 Å². The molecule has 1 atom stereocenters. The van der Waals surface area contributed by atoms with Crippen molar-refractivity contribution in [2.24, 2.45) is 27.6 Å². The van der Waals surface area contributed by atoms with Crippen molar-refractivity contribution in [1.82, 2.24) is 0 Å². The van der Waals surface area contributed by atoms with Crippen LogP contribution < -0.4 is 0 Å². The van der Waals surface area contributed by atoms with Crippen molar-refractivity contribution < 1.29 is 13.2 Å². The standard InChI is InChI=1S/C20H39F3/c1-15(16(2,3)4)11-12-17(5,6)18(7,8)13-14-19(9,10)20(21,22)23/h15H,11-14H2,1-10H3. The quantitative estimate of drug-likeness (QED) is 0.443. The van der Waals surface area contributed by atoms with Crippen LogP contribution in [0.4, 0.5) is 13.2 Å². The van der Waals surface area contributed by atoms with Crippen LogP contribution in [0.3, 0.4) is 0 Å². The Kier molecular flexibility index (Phi) is 6.89. The largest absolute Gasteiger partial charge is 0.393 e. The fourth-order valence-corrected chi connectivity index (χ4v) is 2.45. The lowest BCUT2D eigenvalue weighted by Crippen LogP contribution is -2.38. The highest BCUT2D eigenvalue weighted by atomic mass is 19.4. The Balaban J connectivity index is 4.85. The number of hydrogen-bond acceptors (Lipinski definition) is 0. The van der Waals surface area contributed by atoms with E-state index in [-0.39, 0.29) is 22.7 Å². The van der Waals surface area contributed by atoms with E-state index >= 15 is 0 Å². The van der Waals surface area contributed by atoms with Gasteiger partial charge < -0.3 is 0 Å². The van der Waals surface area contributed by atoms with E-state index in [0.717, 1.165) is 12.8 Å². The minimum absolute atomic E-state index is 0.0220. The Morgan fingerprint density at radius 1 is 0.609 bits per heavy atom. The van der Waals surface area contributed by atoms with Crippen molar-refractivity contribution in [3.8, 4) is 0 Å². The molecular weight excluding hydrogens is 297 g/mol. The molecule has 1 unspecified atom stereocenters. The molecule has 0 spiro atoms. The van der Waals surface area contributed by atoms with Gasteiger partial charge in [0.1, 0.15) is 0 Å². The molecule has 0 radical (unpaired) electrons. The third-order valence-corrected chi connectivity index (χ3v) is 6.66. The zero-order chi connectivity index (χ0) is 18.9. The summed E-state index contributed by atoms with van der Waals surface area (Å²) in [6, 6.07) is 0. The van der Waals surface area contributed by atoms with Crippen molar-refractivity contribution in [2.75, 3.05) is 0 Å². The molecular formula is C20H39F3. The monoisotopic (exact) mass is 336 g/mol. The summed E-state index contributed by atoms with van der Waals surface area (Å²) in [5.41, 5.74) is -1.43. The zero-order valence-electron chi connectivity index (χ0n) is 17.0. The van der Waals surface area contributed by atoms with Crippen LogP contribution in [0.2, 0.25) is 0 Å². The van der Waals surface area contributed by atoms with Gasteiger partial charge >= 0.3 is 6.18 Å². The summed E-state index contributed by atoms with van der Waals surface area (Å²) < 4.78 is 39.3. The molecule has 0 N–H and O–H groups in total. The average molecular weight is 337 g/mol. The summed E-state index contributed by atoms with van der Waals surface area (Å²) >= 11 is 0. The van der Waals surface area contributed by atoms with E-state index in [1.54, 1.807) is 0 Å². The summed E-state index contributed by atoms with van der Waals surface area (Å²) in [5.74, 6) is 0.601. The average Bonchev–Trinajstić information content (AvgIpc) is 2.31. The lowest BCUT2D eigenvalue weighted by atomic mass is 9.61. The highest BCUT2D eigenvalue weighted by Crippen LogP contribution is 2.50. The van der Waals surface area contributed by atoms with Crippen molar-refractivity contribution in [1.29, 1.82) is 0 Å². The number of halogens is 3. The second kappa shape index (κ2) is 6.96. The molecule has 0 bridgehead atoms. The van der Waals surface area contributed by atoms with Crippen LogP contribution in [0.5, 0.6) is 0 Å². The first kappa shape index (κ1) is 22.8. The van der Waals surface area contributed by atoms with Crippen molar-refractivity contribution in [3.05, 3.63) is 0 Å². The van der Waals surface area contributed by atoms with E-state index in [0.29, 0.717) is 12.3 Å². The molecule has 0 heterocycles. The highest BCUT2D eigenvalue weighted by Gasteiger charge is 2.48. The maximum Gasteiger partial charge on any atom is 0.393 e. The molecule has 0 saturated heterocycles. The Labute approximate surface area is 142 Å². The highest BCUT2D eigenvalue weighted by molar-refractivity contribution is 4.89. The molecule has 0 saturated carbocycles. The van der Waals surface area contributed by atoms with Gasteiger partial charge in [-0.1, -0.05) is 69.2 Å². The summed E-state index contributed by atoms with van der Waals surface area (Å²) in [5, 5.41) is 0. The van der Waals surface area contributed by atoms with Crippen LogP contribution in [-0.4, -0.2) is 6.18 Å². The third-order valence-electron chi connectivity index (χ3n) is 6.66. The van der Waals surface area contributed by atoms with Gasteiger partial charge in [0.2, 0.25) is 0 Å². The van der Waals surface area contributed by atoms with Gasteiger partial charge in [0.25, 0.3) is 0 Å². The van der Waals surface area contributed by atoms with Crippen LogP contribution >= 0.6 is 0 Å². The molecule has 0 fully saturated rings. The molecule has 140 valence electrons. The van der Waals surface area contributed by atoms with Crippen molar-refractivity contribution in [3.63, 3.8) is 0 Å². The second-order valence-corrected chi connectivity index (χ2v) is 10.5.